The van der Waals surface area contributed by atoms with Crippen LogP contribution in [0, 0.1) is 16.0 Å². The van der Waals surface area contributed by atoms with Gasteiger partial charge >= 0.3 is 0 Å². The SMILES string of the molecule is CCCC(CC(OC)OC)C[N+](=O)[O-]. The summed E-state index contributed by atoms with van der Waals surface area (Å²) in [5.74, 6) is 0.0416. The average Bonchev–Trinajstić information content (AvgIpc) is 2.13. The lowest BCUT2D eigenvalue weighted by molar-refractivity contribution is -0.489. The van der Waals surface area contributed by atoms with Crippen LogP contribution in [-0.2, 0) is 9.47 Å². The van der Waals surface area contributed by atoms with E-state index < -0.39 is 0 Å². The predicted molar refractivity (Wildman–Crippen MR) is 52.7 cm³/mol. The summed E-state index contributed by atoms with van der Waals surface area (Å²) in [6, 6.07) is 0. The average molecular weight is 205 g/mol. The second-order valence-electron chi connectivity index (χ2n) is 3.31. The van der Waals surface area contributed by atoms with Crippen LogP contribution in [0.15, 0.2) is 0 Å². The van der Waals surface area contributed by atoms with Crippen LogP contribution >= 0.6 is 0 Å². The lowest BCUT2D eigenvalue weighted by Gasteiger charge is -2.18. The highest BCUT2D eigenvalue weighted by Gasteiger charge is 2.19. The van der Waals surface area contributed by atoms with Gasteiger partial charge in [-0.1, -0.05) is 13.3 Å². The molecule has 0 amide bonds. The van der Waals surface area contributed by atoms with Crippen molar-refractivity contribution in [3.63, 3.8) is 0 Å². The van der Waals surface area contributed by atoms with Crippen LogP contribution in [0.2, 0.25) is 0 Å². The van der Waals surface area contributed by atoms with E-state index in [2.05, 4.69) is 0 Å². The van der Waals surface area contributed by atoms with Gasteiger partial charge in [0, 0.05) is 31.5 Å². The maximum Gasteiger partial charge on any atom is 0.206 e. The van der Waals surface area contributed by atoms with E-state index in [1.54, 1.807) is 14.2 Å². The minimum atomic E-state index is -0.327. The highest BCUT2D eigenvalue weighted by atomic mass is 16.7. The maximum absolute atomic E-state index is 10.4. The first-order chi connectivity index (χ1) is 6.63. The van der Waals surface area contributed by atoms with Crippen LogP contribution in [0.4, 0.5) is 0 Å². The number of hydrogen-bond donors (Lipinski definition) is 0. The van der Waals surface area contributed by atoms with Gasteiger partial charge in [0.2, 0.25) is 6.54 Å². The lowest BCUT2D eigenvalue weighted by Crippen LogP contribution is -2.23. The molecule has 0 aromatic heterocycles. The predicted octanol–water partition coefficient (Wildman–Crippen LogP) is 1.69. The molecule has 0 rings (SSSR count). The fourth-order valence-corrected chi connectivity index (χ4v) is 1.46. The second kappa shape index (κ2) is 7.70. The monoisotopic (exact) mass is 205 g/mol. The summed E-state index contributed by atoms with van der Waals surface area (Å²) in [6.07, 6.45) is 2.04. The standard InChI is InChI=1S/C9H19NO4/c1-4-5-8(7-10(11)12)6-9(13-2)14-3/h8-9H,4-7H2,1-3H3. The van der Waals surface area contributed by atoms with E-state index in [1.807, 2.05) is 6.92 Å². The Labute approximate surface area is 84.5 Å². The van der Waals surface area contributed by atoms with Crippen LogP contribution in [-0.4, -0.2) is 32.0 Å². The highest BCUT2D eigenvalue weighted by molar-refractivity contribution is 4.59. The Morgan fingerprint density at radius 3 is 2.29 bits per heavy atom. The Morgan fingerprint density at radius 1 is 1.36 bits per heavy atom. The van der Waals surface area contributed by atoms with Crippen molar-refractivity contribution in [3.05, 3.63) is 10.1 Å². The van der Waals surface area contributed by atoms with Crippen LogP contribution in [0.25, 0.3) is 0 Å². The van der Waals surface area contributed by atoms with E-state index in [1.165, 1.54) is 0 Å². The van der Waals surface area contributed by atoms with Gasteiger partial charge in [-0.3, -0.25) is 10.1 Å². The molecule has 0 aromatic carbocycles. The molecule has 1 unspecified atom stereocenters. The van der Waals surface area contributed by atoms with Gasteiger partial charge in [-0.15, -0.1) is 0 Å². The van der Waals surface area contributed by atoms with Gasteiger partial charge in [-0.05, 0) is 6.42 Å². The van der Waals surface area contributed by atoms with Gasteiger partial charge in [0.15, 0.2) is 6.29 Å². The molecule has 14 heavy (non-hydrogen) atoms. The maximum atomic E-state index is 10.4. The van der Waals surface area contributed by atoms with Crippen molar-refractivity contribution in [2.75, 3.05) is 20.8 Å². The quantitative estimate of drug-likeness (QED) is 0.343. The summed E-state index contributed by atoms with van der Waals surface area (Å²) < 4.78 is 10.0. The third-order valence-corrected chi connectivity index (χ3v) is 2.16. The Balaban J connectivity index is 3.99. The first kappa shape index (κ1) is 13.3. The second-order valence-corrected chi connectivity index (χ2v) is 3.31. The Kier molecular flexibility index (Phi) is 7.32. The fourth-order valence-electron chi connectivity index (χ4n) is 1.46. The summed E-state index contributed by atoms with van der Waals surface area (Å²) in [5.41, 5.74) is 0. The number of rotatable bonds is 8. The Hall–Kier alpha value is -0.680. The highest BCUT2D eigenvalue weighted by Crippen LogP contribution is 2.15. The molecule has 0 saturated carbocycles. The van der Waals surface area contributed by atoms with Gasteiger partial charge in [-0.25, -0.2) is 0 Å². The fraction of sp³-hybridized carbons (Fsp3) is 1.00. The van der Waals surface area contributed by atoms with Crippen molar-refractivity contribution in [2.24, 2.45) is 5.92 Å². The zero-order valence-corrected chi connectivity index (χ0v) is 9.06. The van der Waals surface area contributed by atoms with Crippen molar-refractivity contribution in [1.82, 2.24) is 0 Å². The molecule has 0 heterocycles. The number of nitro groups is 1. The van der Waals surface area contributed by atoms with Crippen molar-refractivity contribution in [3.8, 4) is 0 Å². The van der Waals surface area contributed by atoms with Crippen molar-refractivity contribution in [1.29, 1.82) is 0 Å². The molecular formula is C9H19NO4. The molecular weight excluding hydrogens is 186 g/mol. The van der Waals surface area contributed by atoms with E-state index in [0.717, 1.165) is 12.8 Å². The lowest BCUT2D eigenvalue weighted by atomic mass is 10.00. The summed E-state index contributed by atoms with van der Waals surface area (Å²) >= 11 is 0. The van der Waals surface area contributed by atoms with E-state index in [9.17, 15) is 10.1 Å². The van der Waals surface area contributed by atoms with Crippen molar-refractivity contribution < 1.29 is 14.4 Å². The van der Waals surface area contributed by atoms with Crippen molar-refractivity contribution in [2.45, 2.75) is 32.5 Å². The minimum Gasteiger partial charge on any atom is -0.356 e. The van der Waals surface area contributed by atoms with Crippen LogP contribution < -0.4 is 0 Å². The number of methoxy groups -OCH3 is 2. The van der Waals surface area contributed by atoms with Crippen LogP contribution in [0.5, 0.6) is 0 Å². The minimum absolute atomic E-state index is 0.00292. The number of hydrogen-bond acceptors (Lipinski definition) is 4. The molecule has 0 aromatic rings. The first-order valence-electron chi connectivity index (χ1n) is 4.81. The molecule has 1 atom stereocenters. The topological polar surface area (TPSA) is 61.6 Å². The third kappa shape index (κ3) is 5.88. The van der Waals surface area contributed by atoms with E-state index in [0.29, 0.717) is 6.42 Å². The molecule has 0 aliphatic carbocycles. The number of nitrogens with zero attached hydrogens (tertiary/aromatic N) is 1. The molecule has 5 nitrogen and oxygen atoms in total. The van der Waals surface area contributed by atoms with Crippen LogP contribution in [0.3, 0.4) is 0 Å². The van der Waals surface area contributed by atoms with Crippen molar-refractivity contribution >= 4 is 0 Å². The molecule has 0 saturated heterocycles. The van der Waals surface area contributed by atoms with Gasteiger partial charge < -0.3 is 9.47 Å². The molecule has 0 N–H and O–H groups in total. The zero-order chi connectivity index (χ0) is 11.0. The summed E-state index contributed by atoms with van der Waals surface area (Å²) in [6.45, 7) is 2.01. The molecule has 0 bridgehead atoms. The molecule has 0 radical (unpaired) electrons. The zero-order valence-electron chi connectivity index (χ0n) is 9.06. The van der Waals surface area contributed by atoms with E-state index in [-0.39, 0.29) is 23.7 Å². The largest absolute Gasteiger partial charge is 0.356 e. The van der Waals surface area contributed by atoms with Crippen LogP contribution in [0.1, 0.15) is 26.2 Å². The third-order valence-electron chi connectivity index (χ3n) is 2.16. The number of ether oxygens (including phenoxy) is 2. The molecule has 0 aliphatic rings. The molecule has 0 fully saturated rings. The van der Waals surface area contributed by atoms with Gasteiger partial charge in [0.05, 0.1) is 0 Å². The summed E-state index contributed by atoms with van der Waals surface area (Å²) in [4.78, 5) is 10.1. The Morgan fingerprint density at radius 2 is 1.93 bits per heavy atom. The van der Waals surface area contributed by atoms with Gasteiger partial charge in [-0.2, -0.15) is 0 Å². The smallest absolute Gasteiger partial charge is 0.206 e. The molecule has 84 valence electrons. The molecule has 0 spiro atoms. The molecule has 5 heteroatoms. The normalized spacial score (nSPS) is 13.1. The van der Waals surface area contributed by atoms with E-state index in [4.69, 9.17) is 9.47 Å². The Bertz CT molecular complexity index is 159. The summed E-state index contributed by atoms with van der Waals surface area (Å²) in [5, 5.41) is 10.4. The molecule has 0 aliphatic heterocycles. The van der Waals surface area contributed by atoms with E-state index >= 15 is 0 Å². The van der Waals surface area contributed by atoms with Gasteiger partial charge in [0.1, 0.15) is 0 Å². The summed E-state index contributed by atoms with van der Waals surface area (Å²) in [7, 11) is 3.09. The van der Waals surface area contributed by atoms with Gasteiger partial charge in [0.25, 0.3) is 0 Å². The first-order valence-corrected chi connectivity index (χ1v) is 4.81.